The third-order valence-electron chi connectivity index (χ3n) is 7.08. The fraction of sp³-hybridized carbons (Fsp3) is 0.391. The molecule has 0 aromatic carbocycles. The third-order valence-corrected chi connectivity index (χ3v) is 7.08. The Morgan fingerprint density at radius 3 is 2.75 bits per heavy atom. The van der Waals surface area contributed by atoms with Crippen molar-refractivity contribution in [3.8, 4) is 17.2 Å². The first kappa shape index (κ1) is 20.2. The van der Waals surface area contributed by atoms with Crippen molar-refractivity contribution in [2.75, 3.05) is 5.32 Å². The minimum Gasteiger partial charge on any atom is -0.481 e. The lowest BCUT2D eigenvalue weighted by Crippen LogP contribution is -2.51. The fourth-order valence-corrected chi connectivity index (χ4v) is 5.59. The summed E-state index contributed by atoms with van der Waals surface area (Å²) in [6.07, 6.45) is 7.85. The molecule has 0 radical (unpaired) electrons. The van der Waals surface area contributed by atoms with E-state index in [9.17, 15) is 24.3 Å². The number of aliphatic carboxylic acids is 1. The van der Waals surface area contributed by atoms with E-state index in [1.54, 1.807) is 19.4 Å². The largest absolute Gasteiger partial charge is 0.481 e. The van der Waals surface area contributed by atoms with Gasteiger partial charge in [-0.2, -0.15) is 5.26 Å². The lowest BCUT2D eigenvalue weighted by atomic mass is 9.61. The standard InChI is InChI=1S/C23H22FN5O3/c1-29-10-17(28-20-12-4-2-11(3-5-12)18(20)23(31)32)15(7-25)19(22(29)30)16-9-27-21-14(16)6-13(24)8-26-21/h6,8-12,18,20,28H,2-5H2,1H3,(H,26,27)(H,31,32)/t11?,12?,18-,20?/m0/s1. The summed E-state index contributed by atoms with van der Waals surface area (Å²) in [5.74, 6) is -1.62. The molecule has 2 atom stereocenters. The van der Waals surface area contributed by atoms with Crippen LogP contribution >= 0.6 is 0 Å². The van der Waals surface area contributed by atoms with Crippen LogP contribution in [0.25, 0.3) is 22.2 Å². The van der Waals surface area contributed by atoms with E-state index in [0.717, 1.165) is 31.9 Å². The summed E-state index contributed by atoms with van der Waals surface area (Å²) < 4.78 is 15.2. The first-order valence-electron chi connectivity index (χ1n) is 10.6. The molecule has 0 saturated heterocycles. The molecule has 0 spiro atoms. The second-order valence-corrected chi connectivity index (χ2v) is 8.78. The Morgan fingerprint density at radius 1 is 1.34 bits per heavy atom. The van der Waals surface area contributed by atoms with Gasteiger partial charge in [-0.1, -0.05) is 0 Å². The number of aromatic amines is 1. The van der Waals surface area contributed by atoms with Crippen molar-refractivity contribution in [3.05, 3.63) is 46.4 Å². The van der Waals surface area contributed by atoms with Crippen molar-refractivity contribution >= 4 is 22.7 Å². The summed E-state index contributed by atoms with van der Waals surface area (Å²) in [6.45, 7) is 0. The molecule has 1 unspecified atom stereocenters. The van der Waals surface area contributed by atoms with E-state index in [0.29, 0.717) is 22.3 Å². The van der Waals surface area contributed by atoms with Crippen molar-refractivity contribution < 1.29 is 14.3 Å². The van der Waals surface area contributed by atoms with Crippen LogP contribution in [0.5, 0.6) is 0 Å². The van der Waals surface area contributed by atoms with Crippen LogP contribution in [-0.2, 0) is 11.8 Å². The highest BCUT2D eigenvalue weighted by Crippen LogP contribution is 2.46. The summed E-state index contributed by atoms with van der Waals surface area (Å²) in [5, 5.41) is 23.6. The van der Waals surface area contributed by atoms with Gasteiger partial charge in [0.15, 0.2) is 0 Å². The number of nitriles is 1. The number of aromatic nitrogens is 3. The van der Waals surface area contributed by atoms with Crippen LogP contribution in [0.2, 0.25) is 0 Å². The second kappa shape index (κ2) is 7.48. The zero-order valence-electron chi connectivity index (χ0n) is 17.4. The number of carboxylic acid groups (broad SMARTS) is 1. The van der Waals surface area contributed by atoms with Crippen LogP contribution in [0.3, 0.4) is 0 Å². The van der Waals surface area contributed by atoms with E-state index in [1.807, 2.05) is 0 Å². The quantitative estimate of drug-likeness (QED) is 0.578. The number of halogens is 1. The molecule has 2 bridgehead atoms. The van der Waals surface area contributed by atoms with Crippen molar-refractivity contribution in [1.29, 1.82) is 5.26 Å². The van der Waals surface area contributed by atoms with E-state index < -0.39 is 23.3 Å². The van der Waals surface area contributed by atoms with Crippen molar-refractivity contribution in [2.45, 2.75) is 31.7 Å². The van der Waals surface area contributed by atoms with Gasteiger partial charge in [-0.25, -0.2) is 9.37 Å². The maximum atomic E-state index is 13.9. The van der Waals surface area contributed by atoms with Gasteiger partial charge in [0.25, 0.3) is 5.56 Å². The summed E-state index contributed by atoms with van der Waals surface area (Å²) in [7, 11) is 1.58. The summed E-state index contributed by atoms with van der Waals surface area (Å²) in [6, 6.07) is 3.08. The maximum absolute atomic E-state index is 13.9. The zero-order chi connectivity index (χ0) is 22.6. The maximum Gasteiger partial charge on any atom is 0.308 e. The Balaban J connectivity index is 1.66. The Morgan fingerprint density at radius 2 is 2.06 bits per heavy atom. The van der Waals surface area contributed by atoms with E-state index in [-0.39, 0.29) is 29.0 Å². The summed E-state index contributed by atoms with van der Waals surface area (Å²) >= 11 is 0. The Hall–Kier alpha value is -3.67. The number of fused-ring (bicyclic) bond motifs is 4. The van der Waals surface area contributed by atoms with Crippen LogP contribution in [0.15, 0.2) is 29.5 Å². The number of anilines is 1. The average Bonchev–Trinajstić information content (AvgIpc) is 3.19. The van der Waals surface area contributed by atoms with Crippen molar-refractivity contribution in [2.24, 2.45) is 24.8 Å². The highest BCUT2D eigenvalue weighted by Gasteiger charge is 2.47. The fourth-order valence-electron chi connectivity index (χ4n) is 5.59. The first-order chi connectivity index (χ1) is 15.4. The van der Waals surface area contributed by atoms with Crippen molar-refractivity contribution in [1.82, 2.24) is 14.5 Å². The summed E-state index contributed by atoms with van der Waals surface area (Å²) in [5.41, 5.74) is 1.04. The predicted molar refractivity (Wildman–Crippen MR) is 115 cm³/mol. The van der Waals surface area contributed by atoms with Gasteiger partial charge in [0.2, 0.25) is 0 Å². The number of carboxylic acids is 1. The molecule has 0 aliphatic heterocycles. The smallest absolute Gasteiger partial charge is 0.308 e. The predicted octanol–water partition coefficient (Wildman–Crippen LogP) is 3.24. The third kappa shape index (κ3) is 3.06. The molecule has 164 valence electrons. The lowest BCUT2D eigenvalue weighted by Gasteiger charge is -2.47. The molecule has 0 amide bonds. The molecular formula is C23H22FN5O3. The molecule has 3 N–H and O–H groups in total. The average molecular weight is 435 g/mol. The molecule has 3 aliphatic carbocycles. The highest BCUT2D eigenvalue weighted by molar-refractivity contribution is 5.96. The van der Waals surface area contributed by atoms with E-state index >= 15 is 0 Å². The lowest BCUT2D eigenvalue weighted by molar-refractivity contribution is -0.148. The van der Waals surface area contributed by atoms with Gasteiger partial charge in [-0.15, -0.1) is 0 Å². The van der Waals surface area contributed by atoms with E-state index in [4.69, 9.17) is 0 Å². The molecule has 8 nitrogen and oxygen atoms in total. The minimum absolute atomic E-state index is 0.107. The number of H-pyrrole nitrogens is 1. The summed E-state index contributed by atoms with van der Waals surface area (Å²) in [4.78, 5) is 32.1. The van der Waals surface area contributed by atoms with E-state index in [2.05, 4.69) is 21.4 Å². The molecule has 9 heteroatoms. The van der Waals surface area contributed by atoms with Gasteiger partial charge in [0.05, 0.1) is 28.9 Å². The Bertz CT molecular complexity index is 1330. The number of hydrogen-bond acceptors (Lipinski definition) is 5. The van der Waals surface area contributed by atoms with Gasteiger partial charge in [-0.3, -0.25) is 9.59 Å². The number of carbonyl (C=O) groups is 1. The molecule has 3 heterocycles. The molecule has 32 heavy (non-hydrogen) atoms. The number of pyridine rings is 2. The topological polar surface area (TPSA) is 124 Å². The number of nitrogens with one attached hydrogen (secondary N) is 2. The first-order valence-corrected chi connectivity index (χ1v) is 10.6. The Kier molecular flexibility index (Phi) is 4.73. The molecule has 6 rings (SSSR count). The van der Waals surface area contributed by atoms with Crippen LogP contribution in [0.1, 0.15) is 31.2 Å². The van der Waals surface area contributed by atoms with Gasteiger partial charge in [0.1, 0.15) is 17.5 Å². The van der Waals surface area contributed by atoms with Crippen LogP contribution in [-0.4, -0.2) is 31.7 Å². The number of rotatable bonds is 4. The van der Waals surface area contributed by atoms with Crippen molar-refractivity contribution in [3.63, 3.8) is 0 Å². The van der Waals surface area contributed by atoms with Crippen LogP contribution in [0.4, 0.5) is 10.1 Å². The molecular weight excluding hydrogens is 413 g/mol. The molecule has 3 aromatic rings. The monoisotopic (exact) mass is 435 g/mol. The molecule has 3 aromatic heterocycles. The van der Waals surface area contributed by atoms with E-state index in [1.165, 1.54) is 10.6 Å². The van der Waals surface area contributed by atoms with Gasteiger partial charge >= 0.3 is 5.97 Å². The Labute approximate surface area is 182 Å². The van der Waals surface area contributed by atoms with Crippen LogP contribution in [0, 0.1) is 34.9 Å². The molecule has 3 fully saturated rings. The minimum atomic E-state index is -0.835. The zero-order valence-corrected chi connectivity index (χ0v) is 17.4. The SMILES string of the molecule is Cn1cc(NC2C3CCC(CC3)[C@@H]2C(=O)O)c(C#N)c(-c2c[nH]c3ncc(F)cc23)c1=O. The second-order valence-electron chi connectivity index (χ2n) is 8.78. The number of hydrogen-bond donors (Lipinski definition) is 3. The van der Waals surface area contributed by atoms with Gasteiger partial charge in [0, 0.05) is 36.4 Å². The van der Waals surface area contributed by atoms with Crippen LogP contribution < -0.4 is 10.9 Å². The number of nitrogens with zero attached hydrogens (tertiary/aromatic N) is 3. The highest BCUT2D eigenvalue weighted by atomic mass is 19.1. The normalized spacial score (nSPS) is 24.4. The molecule has 3 aliphatic rings. The van der Waals surface area contributed by atoms with Gasteiger partial charge in [-0.05, 0) is 43.6 Å². The van der Waals surface area contributed by atoms with Gasteiger partial charge < -0.3 is 20.0 Å². The molecule has 3 saturated carbocycles. The number of aryl methyl sites for hydroxylation is 1.